The smallest absolute Gasteiger partial charge is 0.330 e. The van der Waals surface area contributed by atoms with E-state index >= 15 is 0 Å². The Labute approximate surface area is 100 Å². The third-order valence-electron chi connectivity index (χ3n) is 2.89. The van der Waals surface area contributed by atoms with Crippen molar-refractivity contribution in [3.8, 4) is 0 Å². The first-order valence-electron chi connectivity index (χ1n) is 5.36. The molecule has 0 spiro atoms. The molecular weight excluding hydrogens is 247 g/mol. The van der Waals surface area contributed by atoms with Crippen LogP contribution in [0.1, 0.15) is 11.8 Å². The summed E-state index contributed by atoms with van der Waals surface area (Å²) in [5.74, 6) is 0. The van der Waals surface area contributed by atoms with Crippen LogP contribution in [0.15, 0.2) is 15.8 Å². The maximum atomic E-state index is 13.8. The van der Waals surface area contributed by atoms with Crippen molar-refractivity contribution in [2.45, 2.75) is 31.5 Å². The van der Waals surface area contributed by atoms with Gasteiger partial charge in [-0.3, -0.25) is 14.3 Å². The molecule has 0 radical (unpaired) electrons. The van der Waals surface area contributed by atoms with E-state index < -0.39 is 42.5 Å². The zero-order chi connectivity index (χ0) is 13.4. The fourth-order valence-corrected chi connectivity index (χ4v) is 1.85. The third kappa shape index (κ3) is 1.98. The zero-order valence-corrected chi connectivity index (χ0v) is 9.54. The lowest BCUT2D eigenvalue weighted by molar-refractivity contribution is -0.0492. The van der Waals surface area contributed by atoms with E-state index in [4.69, 9.17) is 9.84 Å². The summed E-state index contributed by atoms with van der Waals surface area (Å²) in [4.78, 5) is 24.7. The number of aromatic nitrogens is 2. The van der Waals surface area contributed by atoms with Gasteiger partial charge in [0, 0.05) is 11.8 Å². The van der Waals surface area contributed by atoms with Gasteiger partial charge in [0.25, 0.3) is 5.56 Å². The molecule has 0 bridgehead atoms. The number of aryl methyl sites for hydroxylation is 1. The summed E-state index contributed by atoms with van der Waals surface area (Å²) in [5, 5.41) is 18.3. The summed E-state index contributed by atoms with van der Waals surface area (Å²) in [6, 6.07) is 0. The number of nitrogens with zero attached hydrogens (tertiary/aromatic N) is 1. The van der Waals surface area contributed by atoms with Gasteiger partial charge in [-0.2, -0.15) is 0 Å². The van der Waals surface area contributed by atoms with Crippen LogP contribution in [0.25, 0.3) is 0 Å². The van der Waals surface area contributed by atoms with Crippen molar-refractivity contribution in [2.75, 3.05) is 6.61 Å². The van der Waals surface area contributed by atoms with Crippen LogP contribution in [0.5, 0.6) is 0 Å². The van der Waals surface area contributed by atoms with Crippen molar-refractivity contribution >= 4 is 0 Å². The Hall–Kier alpha value is -1.51. The molecule has 0 saturated carbocycles. The van der Waals surface area contributed by atoms with Gasteiger partial charge in [-0.05, 0) is 6.92 Å². The Morgan fingerprint density at radius 1 is 1.56 bits per heavy atom. The van der Waals surface area contributed by atoms with Crippen LogP contribution in [0, 0.1) is 6.92 Å². The summed E-state index contributed by atoms with van der Waals surface area (Å²) in [6.07, 6.45) is -4.67. The molecule has 0 unspecified atom stereocenters. The number of rotatable bonds is 2. The number of alkyl halides is 1. The van der Waals surface area contributed by atoms with Crippen LogP contribution in [0.3, 0.4) is 0 Å². The number of ether oxygens (including phenoxy) is 1. The van der Waals surface area contributed by atoms with Gasteiger partial charge < -0.3 is 14.9 Å². The van der Waals surface area contributed by atoms with E-state index in [9.17, 15) is 19.1 Å². The van der Waals surface area contributed by atoms with E-state index in [2.05, 4.69) is 0 Å². The lowest BCUT2D eigenvalue weighted by Crippen LogP contribution is -2.36. The topological polar surface area (TPSA) is 105 Å². The highest BCUT2D eigenvalue weighted by Gasteiger charge is 2.45. The maximum Gasteiger partial charge on any atom is 0.330 e. The summed E-state index contributed by atoms with van der Waals surface area (Å²) >= 11 is 0. The second-order valence-electron chi connectivity index (χ2n) is 4.16. The second-order valence-corrected chi connectivity index (χ2v) is 4.16. The van der Waals surface area contributed by atoms with Crippen LogP contribution < -0.4 is 11.2 Å². The summed E-state index contributed by atoms with van der Waals surface area (Å²) in [7, 11) is 0. The molecule has 1 aliphatic heterocycles. The van der Waals surface area contributed by atoms with Gasteiger partial charge >= 0.3 is 5.69 Å². The second kappa shape index (κ2) is 4.63. The first-order valence-corrected chi connectivity index (χ1v) is 5.36. The lowest BCUT2D eigenvalue weighted by Gasteiger charge is -2.15. The van der Waals surface area contributed by atoms with Crippen molar-refractivity contribution in [1.29, 1.82) is 0 Å². The van der Waals surface area contributed by atoms with Gasteiger partial charge in [-0.15, -0.1) is 0 Å². The van der Waals surface area contributed by atoms with Crippen LogP contribution in [-0.2, 0) is 4.74 Å². The average Bonchev–Trinajstić information content (AvgIpc) is 2.61. The van der Waals surface area contributed by atoms with E-state index in [0.29, 0.717) is 0 Å². The molecule has 2 heterocycles. The van der Waals surface area contributed by atoms with E-state index in [1.165, 1.54) is 6.92 Å². The summed E-state index contributed by atoms with van der Waals surface area (Å²) in [5.41, 5.74) is -1.18. The van der Waals surface area contributed by atoms with Gasteiger partial charge in [0.2, 0.25) is 0 Å². The molecule has 3 N–H and O–H groups in total. The Bertz CT molecular complexity index is 554. The van der Waals surface area contributed by atoms with Gasteiger partial charge in [0.05, 0.1) is 6.61 Å². The van der Waals surface area contributed by atoms with Crippen molar-refractivity contribution in [1.82, 2.24) is 9.55 Å². The van der Waals surface area contributed by atoms with E-state index in [1.807, 2.05) is 4.98 Å². The molecule has 8 heteroatoms. The maximum absolute atomic E-state index is 13.8. The highest BCUT2D eigenvalue weighted by atomic mass is 19.1. The monoisotopic (exact) mass is 260 g/mol. The minimum Gasteiger partial charge on any atom is -0.394 e. The van der Waals surface area contributed by atoms with Gasteiger partial charge in [0.15, 0.2) is 12.4 Å². The quantitative estimate of drug-likeness (QED) is 0.596. The average molecular weight is 260 g/mol. The minimum absolute atomic E-state index is 0.215. The highest BCUT2D eigenvalue weighted by Crippen LogP contribution is 2.30. The van der Waals surface area contributed by atoms with Crippen molar-refractivity contribution in [2.24, 2.45) is 0 Å². The van der Waals surface area contributed by atoms with Crippen molar-refractivity contribution < 1.29 is 19.3 Å². The SMILES string of the molecule is Cc1cn([C@H]2O[C@H](CO)[C@@H](O)[C@@H]2F)c(=O)[nH]c1=O. The van der Waals surface area contributed by atoms with Crippen LogP contribution in [0.4, 0.5) is 4.39 Å². The highest BCUT2D eigenvalue weighted by molar-refractivity contribution is 5.03. The molecule has 0 amide bonds. The van der Waals surface area contributed by atoms with Crippen molar-refractivity contribution in [3.05, 3.63) is 32.6 Å². The fraction of sp³-hybridized carbons (Fsp3) is 0.600. The number of H-pyrrole nitrogens is 1. The van der Waals surface area contributed by atoms with E-state index in [0.717, 1.165) is 10.8 Å². The standard InChI is InChI=1S/C10H13FN2O5/c1-4-2-13(10(17)12-8(4)16)9-6(11)7(15)5(3-14)18-9/h2,5-7,9,14-15H,3H2,1H3,(H,12,16,17)/t5-,6+,7-,9+/m1/s1. The molecule has 1 aromatic heterocycles. The number of nitrogens with one attached hydrogen (secondary N) is 1. The molecule has 1 saturated heterocycles. The first-order chi connectivity index (χ1) is 8.45. The number of hydrogen-bond acceptors (Lipinski definition) is 5. The Balaban J connectivity index is 2.42. The van der Waals surface area contributed by atoms with Gasteiger partial charge in [-0.25, -0.2) is 9.18 Å². The van der Waals surface area contributed by atoms with Gasteiger partial charge in [-0.1, -0.05) is 0 Å². The van der Waals surface area contributed by atoms with Crippen molar-refractivity contribution in [3.63, 3.8) is 0 Å². The molecule has 100 valence electrons. The zero-order valence-electron chi connectivity index (χ0n) is 9.54. The molecule has 1 aliphatic rings. The predicted molar refractivity (Wildman–Crippen MR) is 58.0 cm³/mol. The molecule has 4 atom stereocenters. The third-order valence-corrected chi connectivity index (χ3v) is 2.89. The fourth-order valence-electron chi connectivity index (χ4n) is 1.85. The largest absolute Gasteiger partial charge is 0.394 e. The number of halogens is 1. The molecule has 1 aromatic rings. The molecule has 0 aliphatic carbocycles. The number of aliphatic hydroxyl groups is 2. The Morgan fingerprint density at radius 3 is 2.78 bits per heavy atom. The number of hydrogen-bond donors (Lipinski definition) is 3. The Kier molecular flexibility index (Phi) is 3.33. The normalized spacial score (nSPS) is 31.8. The Morgan fingerprint density at radius 2 is 2.22 bits per heavy atom. The molecule has 2 rings (SSSR count). The van der Waals surface area contributed by atoms with Crippen LogP contribution in [0.2, 0.25) is 0 Å². The predicted octanol–water partition coefficient (Wildman–Crippen LogP) is -1.57. The molecule has 1 fully saturated rings. The number of aliphatic hydroxyl groups excluding tert-OH is 2. The van der Waals surface area contributed by atoms with Gasteiger partial charge in [0.1, 0.15) is 12.2 Å². The van der Waals surface area contributed by atoms with E-state index in [1.54, 1.807) is 0 Å². The first kappa shape index (κ1) is 12.9. The lowest BCUT2D eigenvalue weighted by atomic mass is 10.1. The number of aromatic amines is 1. The molecule has 18 heavy (non-hydrogen) atoms. The molecule has 7 nitrogen and oxygen atoms in total. The van der Waals surface area contributed by atoms with E-state index in [-0.39, 0.29) is 5.56 Å². The molecular formula is C10H13FN2O5. The summed E-state index contributed by atoms with van der Waals surface area (Å²) < 4.78 is 19.7. The van der Waals surface area contributed by atoms with Crippen LogP contribution in [-0.4, -0.2) is 44.8 Å². The summed E-state index contributed by atoms with van der Waals surface area (Å²) in [6.45, 7) is 0.895. The minimum atomic E-state index is -1.86. The van der Waals surface area contributed by atoms with Crippen LogP contribution >= 0.6 is 0 Å². The molecule has 0 aromatic carbocycles.